The Labute approximate surface area is 196 Å². The molecular formula is C27H17F7O. The average Bonchev–Trinajstić information content (AvgIpc) is 2.79. The first-order valence-corrected chi connectivity index (χ1v) is 10.4. The smallest absolute Gasteiger partial charge is 0.387 e. The number of alkyl halides is 2. The van der Waals surface area contributed by atoms with E-state index in [9.17, 15) is 26.3 Å². The predicted octanol–water partition coefficient (Wildman–Crippen LogP) is 8.59. The molecule has 0 unspecified atom stereocenters. The van der Waals surface area contributed by atoms with Gasteiger partial charge in [-0.2, -0.15) is 8.78 Å². The molecule has 4 aromatic carbocycles. The molecule has 1 nitrogen and oxygen atoms in total. The van der Waals surface area contributed by atoms with Gasteiger partial charge in [0.15, 0.2) is 17.4 Å². The minimum atomic E-state index is -3.49. The van der Waals surface area contributed by atoms with Crippen LogP contribution in [0.5, 0.6) is 5.75 Å². The van der Waals surface area contributed by atoms with Gasteiger partial charge in [-0.05, 0) is 59.2 Å². The van der Waals surface area contributed by atoms with Crippen molar-refractivity contribution in [1.82, 2.24) is 0 Å². The fraction of sp³-hybridized carbons (Fsp3) is 0.111. The molecule has 0 aliphatic carbocycles. The molecule has 4 rings (SSSR count). The second-order valence-electron chi connectivity index (χ2n) is 7.77. The van der Waals surface area contributed by atoms with Gasteiger partial charge in [0.05, 0.1) is 5.56 Å². The third-order valence-electron chi connectivity index (χ3n) is 5.50. The highest BCUT2D eigenvalue weighted by Gasteiger charge is 2.22. The first-order valence-electron chi connectivity index (χ1n) is 10.4. The SMILES string of the molecule is C=CCCc1ccc2c(F)c(-c3cc(F)c(-c4cc(F)c(OC(F)F)c(F)c4)c(F)c3)ccc2c1. The molecule has 0 atom stereocenters. The Kier molecular flexibility index (Phi) is 6.82. The van der Waals surface area contributed by atoms with E-state index in [-0.39, 0.29) is 16.5 Å². The summed E-state index contributed by atoms with van der Waals surface area (Å²) >= 11 is 0. The first-order chi connectivity index (χ1) is 16.7. The lowest BCUT2D eigenvalue weighted by Crippen LogP contribution is -2.06. The molecule has 180 valence electrons. The Hall–Kier alpha value is -3.81. The summed E-state index contributed by atoms with van der Waals surface area (Å²) in [6.07, 6.45) is 3.26. The lowest BCUT2D eigenvalue weighted by atomic mass is 9.95. The summed E-state index contributed by atoms with van der Waals surface area (Å²) in [4.78, 5) is 0. The summed E-state index contributed by atoms with van der Waals surface area (Å²) < 4.78 is 102. The molecule has 0 saturated carbocycles. The van der Waals surface area contributed by atoms with Gasteiger partial charge in [0.25, 0.3) is 0 Å². The highest BCUT2D eigenvalue weighted by molar-refractivity contribution is 5.89. The number of hydrogen-bond donors (Lipinski definition) is 0. The van der Waals surface area contributed by atoms with Crippen molar-refractivity contribution in [2.45, 2.75) is 19.5 Å². The monoisotopic (exact) mass is 490 g/mol. The van der Waals surface area contributed by atoms with Crippen LogP contribution in [0, 0.1) is 29.1 Å². The fourth-order valence-electron chi connectivity index (χ4n) is 3.90. The first kappa shape index (κ1) is 24.3. The lowest BCUT2D eigenvalue weighted by Gasteiger charge is -2.13. The molecule has 35 heavy (non-hydrogen) atoms. The maximum absolute atomic E-state index is 15.2. The van der Waals surface area contributed by atoms with Crippen molar-refractivity contribution in [2.75, 3.05) is 0 Å². The molecule has 0 spiro atoms. The van der Waals surface area contributed by atoms with Gasteiger partial charge >= 0.3 is 6.61 Å². The third-order valence-corrected chi connectivity index (χ3v) is 5.50. The molecule has 4 aromatic rings. The topological polar surface area (TPSA) is 9.23 Å². The van der Waals surface area contributed by atoms with Crippen molar-refractivity contribution >= 4 is 10.8 Å². The number of hydrogen-bond acceptors (Lipinski definition) is 1. The Morgan fingerprint density at radius 3 is 2.00 bits per heavy atom. The van der Waals surface area contributed by atoms with E-state index in [1.807, 2.05) is 6.07 Å². The largest absolute Gasteiger partial charge is 0.429 e. The highest BCUT2D eigenvalue weighted by Crippen LogP contribution is 2.36. The Bertz CT molecular complexity index is 1380. The van der Waals surface area contributed by atoms with Crippen molar-refractivity contribution in [3.63, 3.8) is 0 Å². The van der Waals surface area contributed by atoms with Crippen molar-refractivity contribution in [2.24, 2.45) is 0 Å². The van der Waals surface area contributed by atoms with Crippen LogP contribution in [0.1, 0.15) is 12.0 Å². The van der Waals surface area contributed by atoms with Crippen LogP contribution in [0.3, 0.4) is 0 Å². The Morgan fingerprint density at radius 1 is 0.771 bits per heavy atom. The number of rotatable bonds is 7. The molecule has 0 heterocycles. The van der Waals surface area contributed by atoms with Gasteiger partial charge in [-0.25, -0.2) is 22.0 Å². The normalized spacial score (nSPS) is 11.3. The van der Waals surface area contributed by atoms with Crippen LogP contribution in [0.2, 0.25) is 0 Å². The van der Waals surface area contributed by atoms with Crippen molar-refractivity contribution in [1.29, 1.82) is 0 Å². The summed E-state index contributed by atoms with van der Waals surface area (Å²) in [5.41, 5.74) is -0.593. The van der Waals surface area contributed by atoms with E-state index in [2.05, 4.69) is 11.3 Å². The number of allylic oxidation sites excluding steroid dienone is 1. The van der Waals surface area contributed by atoms with E-state index in [4.69, 9.17) is 0 Å². The molecule has 0 radical (unpaired) electrons. The Morgan fingerprint density at radius 2 is 1.40 bits per heavy atom. The number of benzene rings is 4. The summed E-state index contributed by atoms with van der Waals surface area (Å²) in [6.45, 7) is 0.176. The minimum absolute atomic E-state index is 0.0706. The van der Waals surface area contributed by atoms with Gasteiger partial charge < -0.3 is 4.74 Å². The second kappa shape index (κ2) is 9.82. The maximum Gasteiger partial charge on any atom is 0.387 e. The number of ether oxygens (including phenoxy) is 1. The van der Waals surface area contributed by atoms with Crippen LogP contribution in [-0.2, 0) is 6.42 Å². The van der Waals surface area contributed by atoms with E-state index >= 15 is 4.39 Å². The van der Waals surface area contributed by atoms with E-state index in [1.165, 1.54) is 6.07 Å². The maximum atomic E-state index is 15.2. The second-order valence-corrected chi connectivity index (χ2v) is 7.77. The summed E-state index contributed by atoms with van der Waals surface area (Å²) in [7, 11) is 0. The van der Waals surface area contributed by atoms with Gasteiger partial charge in [-0.15, -0.1) is 6.58 Å². The number of fused-ring (bicyclic) bond motifs is 1. The predicted molar refractivity (Wildman–Crippen MR) is 120 cm³/mol. The van der Waals surface area contributed by atoms with E-state index in [1.54, 1.807) is 24.3 Å². The molecule has 0 aliphatic rings. The van der Waals surface area contributed by atoms with Crippen LogP contribution < -0.4 is 4.74 Å². The zero-order valence-electron chi connectivity index (χ0n) is 18.0. The van der Waals surface area contributed by atoms with Crippen molar-refractivity contribution in [3.05, 3.63) is 102 Å². The summed E-state index contributed by atoms with van der Waals surface area (Å²) in [5, 5.41) is 0.871. The molecule has 8 heteroatoms. The Balaban J connectivity index is 1.75. The van der Waals surface area contributed by atoms with Crippen LogP contribution in [0.25, 0.3) is 33.0 Å². The molecule has 0 saturated heterocycles. The minimum Gasteiger partial charge on any atom is -0.429 e. The standard InChI is InChI=1S/C27H17F7O/c1-2-3-4-14-5-7-18-15(9-14)6-8-19(25(18)32)16-10-20(28)24(21(29)11-16)17-12-22(30)26(23(31)13-17)35-27(33)34/h2,5-13,27H,1,3-4H2. The van der Waals surface area contributed by atoms with Crippen molar-refractivity contribution in [3.8, 4) is 28.0 Å². The molecular weight excluding hydrogens is 473 g/mol. The molecule has 0 aliphatic heterocycles. The van der Waals surface area contributed by atoms with Crippen LogP contribution in [0.4, 0.5) is 30.7 Å². The quantitative estimate of drug-likeness (QED) is 0.186. The van der Waals surface area contributed by atoms with Gasteiger partial charge in [-0.1, -0.05) is 36.4 Å². The van der Waals surface area contributed by atoms with Crippen LogP contribution in [-0.4, -0.2) is 6.61 Å². The molecule has 0 fully saturated rings. The van der Waals surface area contributed by atoms with E-state index in [0.29, 0.717) is 17.5 Å². The van der Waals surface area contributed by atoms with Gasteiger partial charge in [-0.3, -0.25) is 0 Å². The molecule has 0 amide bonds. The molecule has 0 bridgehead atoms. The highest BCUT2D eigenvalue weighted by atomic mass is 19.3. The van der Waals surface area contributed by atoms with Crippen molar-refractivity contribution < 1.29 is 35.5 Å². The average molecular weight is 490 g/mol. The lowest BCUT2D eigenvalue weighted by molar-refractivity contribution is -0.0546. The zero-order chi connectivity index (χ0) is 25.3. The van der Waals surface area contributed by atoms with Crippen LogP contribution in [0.15, 0.2) is 67.3 Å². The van der Waals surface area contributed by atoms with Gasteiger partial charge in [0.2, 0.25) is 0 Å². The third kappa shape index (κ3) is 4.87. The summed E-state index contributed by atoms with van der Waals surface area (Å²) in [5.74, 6) is -7.62. The number of aryl methyl sites for hydroxylation is 1. The fourth-order valence-corrected chi connectivity index (χ4v) is 3.90. The molecule has 0 N–H and O–H groups in total. The van der Waals surface area contributed by atoms with E-state index < -0.39 is 52.6 Å². The van der Waals surface area contributed by atoms with Gasteiger partial charge in [0.1, 0.15) is 17.5 Å². The van der Waals surface area contributed by atoms with Crippen LogP contribution >= 0.6 is 0 Å². The number of halogens is 7. The summed E-state index contributed by atoms with van der Waals surface area (Å²) in [6, 6.07) is 10.8. The molecule has 0 aromatic heterocycles. The zero-order valence-corrected chi connectivity index (χ0v) is 18.0. The van der Waals surface area contributed by atoms with E-state index in [0.717, 1.165) is 30.5 Å². The van der Waals surface area contributed by atoms with Gasteiger partial charge in [0, 0.05) is 10.9 Å².